The van der Waals surface area contributed by atoms with Crippen LogP contribution >= 0.6 is 0 Å². The van der Waals surface area contributed by atoms with E-state index in [-0.39, 0.29) is 11.8 Å². The molecule has 0 radical (unpaired) electrons. The molecule has 3 nitrogen and oxygen atoms in total. The molecular formula is C17H25NO2. The first-order valence-electron chi connectivity index (χ1n) is 7.91. The van der Waals surface area contributed by atoms with Gasteiger partial charge in [-0.2, -0.15) is 0 Å². The van der Waals surface area contributed by atoms with Crippen LogP contribution in [0.3, 0.4) is 0 Å². The van der Waals surface area contributed by atoms with E-state index in [4.69, 9.17) is 4.74 Å². The van der Waals surface area contributed by atoms with Gasteiger partial charge in [0, 0.05) is 11.6 Å². The minimum Gasteiger partial charge on any atom is -0.508 e. The van der Waals surface area contributed by atoms with Crippen molar-refractivity contribution in [3.63, 3.8) is 0 Å². The summed E-state index contributed by atoms with van der Waals surface area (Å²) in [6.45, 7) is 4.12. The van der Waals surface area contributed by atoms with E-state index in [1.807, 2.05) is 6.07 Å². The fourth-order valence-corrected chi connectivity index (χ4v) is 3.65. The Morgan fingerprint density at radius 1 is 1.35 bits per heavy atom. The number of ether oxygens (including phenoxy) is 1. The summed E-state index contributed by atoms with van der Waals surface area (Å²) in [5.41, 5.74) is 1.18. The Morgan fingerprint density at radius 3 is 3.10 bits per heavy atom. The number of nitrogens with one attached hydrogen (secondary N) is 1. The van der Waals surface area contributed by atoms with Crippen LogP contribution in [0, 0.1) is 11.8 Å². The maximum Gasteiger partial charge on any atom is 0.127 e. The summed E-state index contributed by atoms with van der Waals surface area (Å²) < 4.78 is 5.63. The monoisotopic (exact) mass is 275 g/mol. The molecule has 3 heteroatoms. The molecule has 1 fully saturated rings. The number of hydrogen-bond donors (Lipinski definition) is 2. The molecule has 2 aliphatic rings. The van der Waals surface area contributed by atoms with Crippen LogP contribution in [0.15, 0.2) is 18.2 Å². The Bertz CT molecular complexity index is 460. The molecule has 1 aliphatic carbocycles. The average molecular weight is 275 g/mol. The molecule has 0 spiro atoms. The van der Waals surface area contributed by atoms with E-state index < -0.39 is 0 Å². The lowest BCUT2D eigenvalue weighted by Gasteiger charge is -2.27. The molecule has 0 aromatic heterocycles. The van der Waals surface area contributed by atoms with Gasteiger partial charge in [0.05, 0.1) is 6.04 Å². The molecule has 110 valence electrons. The third-order valence-electron chi connectivity index (χ3n) is 4.77. The topological polar surface area (TPSA) is 41.5 Å². The smallest absolute Gasteiger partial charge is 0.127 e. The number of benzene rings is 1. The number of fused-ring (bicyclic) bond motifs is 1. The minimum atomic E-state index is 0.278. The highest BCUT2D eigenvalue weighted by Gasteiger charge is 2.24. The number of rotatable bonds is 4. The highest BCUT2D eigenvalue weighted by Crippen LogP contribution is 2.35. The normalized spacial score (nSPS) is 28.9. The van der Waals surface area contributed by atoms with E-state index in [2.05, 4.69) is 12.2 Å². The van der Waals surface area contributed by atoms with Gasteiger partial charge in [-0.25, -0.2) is 0 Å². The first-order chi connectivity index (χ1) is 9.72. The number of phenolic OH excluding ortho intramolecular Hbond substituents is 1. The standard InChI is InChI=1S/C17H25NO2/c1-12-3-2-4-13(9-12)7-8-18-16-11-20-17-10-14(19)5-6-15(16)17/h5-6,10,12-13,16,18-19H,2-4,7-9,11H2,1H3. The van der Waals surface area contributed by atoms with E-state index in [1.54, 1.807) is 12.1 Å². The second-order valence-corrected chi connectivity index (χ2v) is 6.47. The van der Waals surface area contributed by atoms with Crippen LogP contribution in [0.4, 0.5) is 0 Å². The molecule has 0 amide bonds. The molecule has 3 atom stereocenters. The van der Waals surface area contributed by atoms with Crippen LogP contribution in [0.2, 0.25) is 0 Å². The minimum absolute atomic E-state index is 0.278. The SMILES string of the molecule is CC1CCCC(CCNC2COc3cc(O)ccc32)C1. The first-order valence-corrected chi connectivity index (χ1v) is 7.91. The van der Waals surface area contributed by atoms with E-state index in [1.165, 1.54) is 37.7 Å². The molecule has 1 saturated carbocycles. The van der Waals surface area contributed by atoms with Crippen LogP contribution in [-0.4, -0.2) is 18.3 Å². The second kappa shape index (κ2) is 6.04. The van der Waals surface area contributed by atoms with E-state index >= 15 is 0 Å². The van der Waals surface area contributed by atoms with Gasteiger partial charge in [-0.15, -0.1) is 0 Å². The van der Waals surface area contributed by atoms with Gasteiger partial charge in [-0.3, -0.25) is 0 Å². The molecule has 2 N–H and O–H groups in total. The highest BCUT2D eigenvalue weighted by atomic mass is 16.5. The zero-order chi connectivity index (χ0) is 13.9. The molecule has 3 rings (SSSR count). The first kappa shape index (κ1) is 13.7. The van der Waals surface area contributed by atoms with Crippen LogP contribution in [0.25, 0.3) is 0 Å². The van der Waals surface area contributed by atoms with Gasteiger partial charge in [0.1, 0.15) is 18.1 Å². The van der Waals surface area contributed by atoms with Crippen molar-refractivity contribution >= 4 is 0 Å². The van der Waals surface area contributed by atoms with Crippen molar-refractivity contribution < 1.29 is 9.84 Å². The van der Waals surface area contributed by atoms with Crippen molar-refractivity contribution in [2.45, 2.75) is 45.1 Å². The fraction of sp³-hybridized carbons (Fsp3) is 0.647. The predicted molar refractivity (Wildman–Crippen MR) is 80.1 cm³/mol. The maximum atomic E-state index is 9.45. The van der Waals surface area contributed by atoms with Crippen LogP contribution < -0.4 is 10.1 Å². The van der Waals surface area contributed by atoms with Gasteiger partial charge in [-0.1, -0.05) is 26.2 Å². The summed E-state index contributed by atoms with van der Waals surface area (Å²) in [4.78, 5) is 0. The van der Waals surface area contributed by atoms with Crippen molar-refractivity contribution in [3.05, 3.63) is 23.8 Å². The van der Waals surface area contributed by atoms with E-state index in [9.17, 15) is 5.11 Å². The molecule has 0 saturated heterocycles. The maximum absolute atomic E-state index is 9.45. The highest BCUT2D eigenvalue weighted by molar-refractivity contribution is 5.44. The Hall–Kier alpha value is -1.22. The predicted octanol–water partition coefficient (Wildman–Crippen LogP) is 3.63. The van der Waals surface area contributed by atoms with Gasteiger partial charge in [-0.05, 0) is 43.4 Å². The molecule has 1 aromatic carbocycles. The average Bonchev–Trinajstić information content (AvgIpc) is 2.81. The van der Waals surface area contributed by atoms with E-state index in [0.29, 0.717) is 6.61 Å². The molecule has 20 heavy (non-hydrogen) atoms. The molecular weight excluding hydrogens is 250 g/mol. The summed E-state index contributed by atoms with van der Waals surface area (Å²) in [5.74, 6) is 2.91. The molecule has 1 aromatic rings. The van der Waals surface area contributed by atoms with Gasteiger partial charge < -0.3 is 15.2 Å². The summed E-state index contributed by atoms with van der Waals surface area (Å²) in [6.07, 6.45) is 6.89. The van der Waals surface area contributed by atoms with Gasteiger partial charge in [0.2, 0.25) is 0 Å². The van der Waals surface area contributed by atoms with E-state index in [0.717, 1.165) is 24.1 Å². The lowest BCUT2D eigenvalue weighted by atomic mass is 9.81. The Morgan fingerprint density at radius 2 is 2.25 bits per heavy atom. The summed E-state index contributed by atoms with van der Waals surface area (Å²) >= 11 is 0. The quantitative estimate of drug-likeness (QED) is 0.881. The van der Waals surface area contributed by atoms with Crippen molar-refractivity contribution in [1.82, 2.24) is 5.32 Å². The number of phenols is 1. The second-order valence-electron chi connectivity index (χ2n) is 6.47. The molecule has 1 aliphatic heterocycles. The Kier molecular flexibility index (Phi) is 4.16. The van der Waals surface area contributed by atoms with Crippen LogP contribution in [0.1, 0.15) is 50.6 Å². The van der Waals surface area contributed by atoms with Gasteiger partial charge >= 0.3 is 0 Å². The third kappa shape index (κ3) is 3.09. The van der Waals surface area contributed by atoms with Gasteiger partial charge in [0.15, 0.2) is 0 Å². The summed E-state index contributed by atoms with van der Waals surface area (Å²) in [7, 11) is 0. The lowest BCUT2D eigenvalue weighted by molar-refractivity contribution is 0.258. The zero-order valence-corrected chi connectivity index (χ0v) is 12.3. The molecule has 0 bridgehead atoms. The largest absolute Gasteiger partial charge is 0.508 e. The van der Waals surface area contributed by atoms with Crippen LogP contribution in [-0.2, 0) is 0 Å². The fourth-order valence-electron chi connectivity index (χ4n) is 3.65. The Labute approximate surface area is 121 Å². The van der Waals surface area contributed by atoms with Crippen molar-refractivity contribution in [3.8, 4) is 11.5 Å². The summed E-state index contributed by atoms with van der Waals surface area (Å²) in [5, 5.41) is 13.1. The summed E-state index contributed by atoms with van der Waals surface area (Å²) in [6, 6.07) is 5.70. The number of hydrogen-bond acceptors (Lipinski definition) is 3. The van der Waals surface area contributed by atoms with Crippen molar-refractivity contribution in [2.75, 3.05) is 13.2 Å². The molecule has 3 unspecified atom stereocenters. The third-order valence-corrected chi connectivity index (χ3v) is 4.77. The lowest BCUT2D eigenvalue weighted by Crippen LogP contribution is -2.26. The van der Waals surface area contributed by atoms with Gasteiger partial charge in [0.25, 0.3) is 0 Å². The van der Waals surface area contributed by atoms with Crippen LogP contribution in [0.5, 0.6) is 11.5 Å². The Balaban J connectivity index is 1.48. The number of aromatic hydroxyl groups is 1. The zero-order valence-electron chi connectivity index (χ0n) is 12.3. The van der Waals surface area contributed by atoms with Crippen molar-refractivity contribution in [2.24, 2.45) is 11.8 Å². The molecule has 1 heterocycles. The van der Waals surface area contributed by atoms with Crippen molar-refractivity contribution in [1.29, 1.82) is 0 Å².